The first-order valence-corrected chi connectivity index (χ1v) is 9.79. The second-order valence-electron chi connectivity index (χ2n) is 7.30. The maximum Gasteiger partial charge on any atom is 0.319 e. The summed E-state index contributed by atoms with van der Waals surface area (Å²) in [6.07, 6.45) is -0.159. The SMILES string of the molecule is COc1cccc(NC(=O)NC2COC(CN(C)CCc3ccccc3)C2O)c1. The van der Waals surface area contributed by atoms with Gasteiger partial charge in [-0.05, 0) is 31.2 Å². The van der Waals surface area contributed by atoms with Crippen molar-refractivity contribution in [1.29, 1.82) is 0 Å². The van der Waals surface area contributed by atoms with Crippen LogP contribution in [0.3, 0.4) is 0 Å². The van der Waals surface area contributed by atoms with Gasteiger partial charge in [0, 0.05) is 24.8 Å². The lowest BCUT2D eigenvalue weighted by atomic mass is 10.1. The number of nitrogens with zero attached hydrogens (tertiary/aromatic N) is 1. The molecule has 29 heavy (non-hydrogen) atoms. The summed E-state index contributed by atoms with van der Waals surface area (Å²) in [4.78, 5) is 14.4. The molecule has 2 aromatic rings. The summed E-state index contributed by atoms with van der Waals surface area (Å²) in [5, 5.41) is 16.1. The van der Waals surface area contributed by atoms with E-state index >= 15 is 0 Å². The molecule has 1 saturated heterocycles. The van der Waals surface area contributed by atoms with E-state index in [0.717, 1.165) is 13.0 Å². The van der Waals surface area contributed by atoms with Crippen LogP contribution in [0.15, 0.2) is 54.6 Å². The highest BCUT2D eigenvalue weighted by Gasteiger charge is 2.37. The highest BCUT2D eigenvalue weighted by Crippen LogP contribution is 2.18. The van der Waals surface area contributed by atoms with E-state index in [1.54, 1.807) is 31.4 Å². The topological polar surface area (TPSA) is 83.1 Å². The minimum absolute atomic E-state index is 0.282. The number of urea groups is 1. The average Bonchev–Trinajstić information content (AvgIpc) is 3.06. The van der Waals surface area contributed by atoms with Crippen LogP contribution in [0.2, 0.25) is 0 Å². The number of anilines is 1. The smallest absolute Gasteiger partial charge is 0.319 e. The van der Waals surface area contributed by atoms with Gasteiger partial charge in [0.1, 0.15) is 11.9 Å². The first kappa shape index (κ1) is 21.1. The fourth-order valence-electron chi connectivity index (χ4n) is 3.37. The van der Waals surface area contributed by atoms with E-state index < -0.39 is 12.1 Å². The highest BCUT2D eigenvalue weighted by molar-refractivity contribution is 5.89. The molecule has 0 radical (unpaired) electrons. The van der Waals surface area contributed by atoms with Crippen molar-refractivity contribution < 1.29 is 19.4 Å². The van der Waals surface area contributed by atoms with E-state index in [-0.39, 0.29) is 18.7 Å². The van der Waals surface area contributed by atoms with Crippen LogP contribution in [0.1, 0.15) is 5.56 Å². The Labute approximate surface area is 171 Å². The molecule has 0 aromatic heterocycles. The molecule has 1 fully saturated rings. The summed E-state index contributed by atoms with van der Waals surface area (Å²) < 4.78 is 10.9. The Hall–Kier alpha value is -2.61. The summed E-state index contributed by atoms with van der Waals surface area (Å²) in [7, 11) is 3.58. The number of carbonyl (C=O) groups excluding carboxylic acids is 1. The minimum atomic E-state index is -0.759. The van der Waals surface area contributed by atoms with Gasteiger partial charge >= 0.3 is 6.03 Å². The lowest BCUT2D eigenvalue weighted by Gasteiger charge is -2.24. The quantitative estimate of drug-likeness (QED) is 0.633. The number of amides is 2. The number of hydrogen-bond donors (Lipinski definition) is 3. The molecular formula is C22H29N3O4. The average molecular weight is 399 g/mol. The second-order valence-corrected chi connectivity index (χ2v) is 7.30. The number of ether oxygens (including phenoxy) is 2. The number of aliphatic hydroxyl groups is 1. The third-order valence-electron chi connectivity index (χ3n) is 5.04. The summed E-state index contributed by atoms with van der Waals surface area (Å²) in [6.45, 7) is 1.75. The first-order valence-electron chi connectivity index (χ1n) is 9.79. The van der Waals surface area contributed by atoms with Crippen molar-refractivity contribution in [1.82, 2.24) is 10.2 Å². The number of hydrogen-bond acceptors (Lipinski definition) is 5. The Morgan fingerprint density at radius 3 is 2.79 bits per heavy atom. The van der Waals surface area contributed by atoms with Gasteiger partial charge in [-0.3, -0.25) is 0 Å². The van der Waals surface area contributed by atoms with Crippen molar-refractivity contribution >= 4 is 11.7 Å². The molecule has 0 spiro atoms. The molecule has 2 amide bonds. The lowest BCUT2D eigenvalue weighted by Crippen LogP contribution is -2.47. The van der Waals surface area contributed by atoms with Crippen molar-refractivity contribution in [2.24, 2.45) is 0 Å². The molecule has 3 unspecified atom stereocenters. The van der Waals surface area contributed by atoms with Gasteiger partial charge in [0.2, 0.25) is 0 Å². The highest BCUT2D eigenvalue weighted by atomic mass is 16.5. The van der Waals surface area contributed by atoms with Crippen molar-refractivity contribution in [2.75, 3.05) is 39.2 Å². The van der Waals surface area contributed by atoms with Gasteiger partial charge in [0.15, 0.2) is 0 Å². The normalized spacial score (nSPS) is 21.2. The zero-order valence-corrected chi connectivity index (χ0v) is 16.9. The van der Waals surface area contributed by atoms with E-state index in [1.165, 1.54) is 5.56 Å². The summed E-state index contributed by atoms with van der Waals surface area (Å²) >= 11 is 0. The van der Waals surface area contributed by atoms with Crippen LogP contribution in [0.4, 0.5) is 10.5 Å². The van der Waals surface area contributed by atoms with Gasteiger partial charge < -0.3 is 30.1 Å². The molecule has 0 saturated carbocycles. The molecule has 3 rings (SSSR count). The van der Waals surface area contributed by atoms with Gasteiger partial charge in [-0.25, -0.2) is 4.79 Å². The van der Waals surface area contributed by atoms with Crippen molar-refractivity contribution in [3.05, 3.63) is 60.2 Å². The van der Waals surface area contributed by atoms with E-state index in [2.05, 4.69) is 27.7 Å². The van der Waals surface area contributed by atoms with Gasteiger partial charge in [-0.1, -0.05) is 36.4 Å². The van der Waals surface area contributed by atoms with Gasteiger partial charge in [-0.2, -0.15) is 0 Å². The third-order valence-corrected chi connectivity index (χ3v) is 5.04. The zero-order valence-electron chi connectivity index (χ0n) is 16.9. The maximum absolute atomic E-state index is 12.3. The molecule has 2 aromatic carbocycles. The van der Waals surface area contributed by atoms with Gasteiger partial charge in [0.25, 0.3) is 0 Å². The fourth-order valence-corrected chi connectivity index (χ4v) is 3.37. The minimum Gasteiger partial charge on any atom is -0.497 e. The second kappa shape index (κ2) is 10.2. The predicted octanol–water partition coefficient (Wildman–Crippen LogP) is 2.12. The number of benzene rings is 2. The van der Waals surface area contributed by atoms with Crippen LogP contribution in [-0.4, -0.2) is 68.1 Å². The van der Waals surface area contributed by atoms with Gasteiger partial charge in [0.05, 0.1) is 25.9 Å². The Morgan fingerprint density at radius 1 is 1.24 bits per heavy atom. The molecule has 3 atom stereocenters. The number of aliphatic hydroxyl groups excluding tert-OH is 1. The number of rotatable bonds is 8. The molecule has 1 aliphatic rings. The molecule has 1 heterocycles. The Kier molecular flexibility index (Phi) is 7.46. The van der Waals surface area contributed by atoms with E-state index in [4.69, 9.17) is 9.47 Å². The molecule has 7 nitrogen and oxygen atoms in total. The number of nitrogens with one attached hydrogen (secondary N) is 2. The van der Waals surface area contributed by atoms with Crippen molar-refractivity contribution in [3.63, 3.8) is 0 Å². The molecule has 1 aliphatic heterocycles. The Bertz CT molecular complexity index is 787. The van der Waals surface area contributed by atoms with Gasteiger partial charge in [-0.15, -0.1) is 0 Å². The molecule has 0 aliphatic carbocycles. The van der Waals surface area contributed by atoms with E-state index in [9.17, 15) is 9.90 Å². The van der Waals surface area contributed by atoms with Crippen LogP contribution < -0.4 is 15.4 Å². The summed E-state index contributed by atoms with van der Waals surface area (Å²) in [5.41, 5.74) is 1.90. The summed E-state index contributed by atoms with van der Waals surface area (Å²) in [5.74, 6) is 0.658. The molecule has 0 bridgehead atoms. The molecule has 3 N–H and O–H groups in total. The van der Waals surface area contributed by atoms with Crippen molar-refractivity contribution in [2.45, 2.75) is 24.7 Å². The summed E-state index contributed by atoms with van der Waals surface area (Å²) in [6, 6.07) is 16.5. The third kappa shape index (κ3) is 6.19. The molecule has 156 valence electrons. The fraction of sp³-hybridized carbons (Fsp3) is 0.409. The molecule has 7 heteroatoms. The standard InChI is InChI=1S/C22H29N3O4/c1-25(12-11-16-7-4-3-5-8-16)14-20-21(26)19(15-29-20)24-22(27)23-17-9-6-10-18(13-17)28-2/h3-10,13,19-21,26H,11-12,14-15H2,1-2H3,(H2,23,24,27). The maximum atomic E-state index is 12.3. The number of methoxy groups -OCH3 is 1. The van der Waals surface area contributed by atoms with Crippen LogP contribution in [0.5, 0.6) is 5.75 Å². The Morgan fingerprint density at radius 2 is 2.03 bits per heavy atom. The monoisotopic (exact) mass is 399 g/mol. The number of likely N-dealkylation sites (N-methyl/N-ethyl adjacent to an activating group) is 1. The molecular weight excluding hydrogens is 370 g/mol. The lowest BCUT2D eigenvalue weighted by molar-refractivity contribution is 0.0205. The predicted molar refractivity (Wildman–Crippen MR) is 112 cm³/mol. The zero-order chi connectivity index (χ0) is 20.6. The largest absolute Gasteiger partial charge is 0.497 e. The van der Waals surface area contributed by atoms with Crippen molar-refractivity contribution in [3.8, 4) is 5.75 Å². The Balaban J connectivity index is 1.43. The van der Waals surface area contributed by atoms with Crippen LogP contribution in [0.25, 0.3) is 0 Å². The number of carbonyl (C=O) groups is 1. The van der Waals surface area contributed by atoms with E-state index in [0.29, 0.717) is 18.0 Å². The van der Waals surface area contributed by atoms with Crippen LogP contribution in [0, 0.1) is 0 Å². The van der Waals surface area contributed by atoms with E-state index in [1.807, 2.05) is 25.2 Å². The van der Waals surface area contributed by atoms with Crippen LogP contribution in [-0.2, 0) is 11.2 Å². The first-order chi connectivity index (χ1) is 14.0. The van der Waals surface area contributed by atoms with Crippen LogP contribution >= 0.6 is 0 Å².